The van der Waals surface area contributed by atoms with E-state index >= 15 is 0 Å². The van der Waals surface area contributed by atoms with Crippen molar-refractivity contribution in [2.45, 2.75) is 6.10 Å². The normalized spacial score (nSPS) is 13.2. The summed E-state index contributed by atoms with van der Waals surface area (Å²) < 4.78 is 37.7. The van der Waals surface area contributed by atoms with Gasteiger partial charge in [0.1, 0.15) is 5.75 Å². The van der Waals surface area contributed by atoms with Crippen molar-refractivity contribution in [1.29, 1.82) is 0 Å². The van der Waals surface area contributed by atoms with Gasteiger partial charge in [-0.1, -0.05) is 18.2 Å². The maximum absolute atomic E-state index is 12.3. The average molecular weight is 505 g/mol. The Bertz CT molecular complexity index is 1070. The number of ether oxygens (including phenoxy) is 7. The van der Waals surface area contributed by atoms with Gasteiger partial charge in [0.2, 0.25) is 6.10 Å². The molecule has 1 aliphatic rings. The number of carbonyl (C=O) groups is 3. The first-order valence-electron chi connectivity index (χ1n) is 10.9. The summed E-state index contributed by atoms with van der Waals surface area (Å²) in [6.45, 7) is 0.849. The summed E-state index contributed by atoms with van der Waals surface area (Å²) in [5, 5.41) is 12.2. The molecule has 2 aromatic rings. The van der Waals surface area contributed by atoms with Crippen molar-refractivity contribution < 1.29 is 52.6 Å². The van der Waals surface area contributed by atoms with Crippen LogP contribution in [-0.2, 0) is 23.7 Å². The number of nitrogens with one attached hydrogen (secondary N) is 1. The van der Waals surface area contributed by atoms with Gasteiger partial charge in [-0.2, -0.15) is 0 Å². The van der Waals surface area contributed by atoms with Gasteiger partial charge in [0.05, 0.1) is 37.6 Å². The number of fused-ring (bicyclic) bond motifs is 1. The SMILES string of the molecule is COCCOCOc1cccc(C(Oc2cccc3c2C(=O)NC3=O)C(=O)O)c1OCOCCOC. The van der Waals surface area contributed by atoms with Crippen LogP contribution in [0.1, 0.15) is 32.4 Å². The van der Waals surface area contributed by atoms with Gasteiger partial charge in [-0.3, -0.25) is 14.9 Å². The lowest BCUT2D eigenvalue weighted by molar-refractivity contribution is -0.145. The van der Waals surface area contributed by atoms with E-state index in [1.807, 2.05) is 0 Å². The molecule has 0 radical (unpaired) electrons. The van der Waals surface area contributed by atoms with Crippen LogP contribution in [0, 0.1) is 0 Å². The van der Waals surface area contributed by atoms with Crippen LogP contribution in [-0.4, -0.2) is 77.1 Å². The van der Waals surface area contributed by atoms with Crippen molar-refractivity contribution in [2.24, 2.45) is 0 Å². The third kappa shape index (κ3) is 6.70. The van der Waals surface area contributed by atoms with Crippen molar-refractivity contribution in [1.82, 2.24) is 5.32 Å². The molecule has 2 aromatic carbocycles. The predicted octanol–water partition coefficient (Wildman–Crippen LogP) is 1.77. The van der Waals surface area contributed by atoms with Crippen LogP contribution in [0.4, 0.5) is 0 Å². The van der Waals surface area contributed by atoms with Crippen LogP contribution >= 0.6 is 0 Å². The fourth-order valence-corrected chi connectivity index (χ4v) is 3.28. The van der Waals surface area contributed by atoms with Gasteiger partial charge < -0.3 is 38.3 Å². The molecule has 0 bridgehead atoms. The van der Waals surface area contributed by atoms with Gasteiger partial charge in [-0.25, -0.2) is 4.79 Å². The summed E-state index contributed by atoms with van der Waals surface area (Å²) in [7, 11) is 3.06. The van der Waals surface area contributed by atoms with E-state index in [2.05, 4.69) is 5.32 Å². The summed E-state index contributed by atoms with van der Waals surface area (Å²) >= 11 is 0. The second-order valence-corrected chi connectivity index (χ2v) is 7.30. The van der Waals surface area contributed by atoms with Crippen LogP contribution in [0.3, 0.4) is 0 Å². The van der Waals surface area contributed by atoms with E-state index in [9.17, 15) is 19.5 Å². The fourth-order valence-electron chi connectivity index (χ4n) is 3.28. The van der Waals surface area contributed by atoms with Crippen LogP contribution in [0.25, 0.3) is 0 Å². The minimum absolute atomic E-state index is 0.0435. The lowest BCUT2D eigenvalue weighted by Gasteiger charge is -2.21. The number of benzene rings is 2. The summed E-state index contributed by atoms with van der Waals surface area (Å²) in [4.78, 5) is 36.6. The van der Waals surface area contributed by atoms with E-state index in [4.69, 9.17) is 33.2 Å². The molecule has 1 atom stereocenters. The molecule has 1 aliphatic heterocycles. The maximum atomic E-state index is 12.3. The monoisotopic (exact) mass is 505 g/mol. The number of rotatable bonds is 16. The molecule has 0 aromatic heterocycles. The smallest absolute Gasteiger partial charge is 0.349 e. The number of carboxylic acid groups (broad SMARTS) is 1. The summed E-state index contributed by atoms with van der Waals surface area (Å²) in [6.07, 6.45) is -1.62. The number of amides is 2. The molecule has 12 nitrogen and oxygen atoms in total. The lowest BCUT2D eigenvalue weighted by atomic mass is 10.1. The van der Waals surface area contributed by atoms with E-state index < -0.39 is 23.9 Å². The summed E-state index contributed by atoms with van der Waals surface area (Å²) in [6, 6.07) is 8.95. The quantitative estimate of drug-likeness (QED) is 0.195. The Hall–Kier alpha value is -3.71. The maximum Gasteiger partial charge on any atom is 0.349 e. The molecule has 0 saturated heterocycles. The van der Waals surface area contributed by atoms with Gasteiger partial charge in [-0.05, 0) is 18.2 Å². The summed E-state index contributed by atoms with van der Waals surface area (Å²) in [5.41, 5.74) is 0.141. The zero-order valence-corrected chi connectivity index (χ0v) is 19.8. The topological polar surface area (TPSA) is 148 Å². The van der Waals surface area contributed by atoms with E-state index in [0.717, 1.165) is 0 Å². The molecular formula is C24H27NO11. The molecule has 2 amide bonds. The van der Waals surface area contributed by atoms with Gasteiger partial charge in [0.25, 0.3) is 11.8 Å². The highest BCUT2D eigenvalue weighted by Crippen LogP contribution is 2.38. The van der Waals surface area contributed by atoms with E-state index in [1.54, 1.807) is 12.1 Å². The van der Waals surface area contributed by atoms with Crippen LogP contribution < -0.4 is 19.5 Å². The summed E-state index contributed by atoms with van der Waals surface area (Å²) in [5.74, 6) is -2.47. The molecule has 2 N–H and O–H groups in total. The molecule has 0 spiro atoms. The fraction of sp³-hybridized carbons (Fsp3) is 0.375. The van der Waals surface area contributed by atoms with Crippen LogP contribution in [0.5, 0.6) is 17.2 Å². The number of carboxylic acids is 1. The number of imide groups is 1. The third-order valence-corrected chi connectivity index (χ3v) is 4.93. The minimum atomic E-state index is -1.62. The molecule has 0 aliphatic carbocycles. The molecule has 12 heteroatoms. The third-order valence-electron chi connectivity index (χ3n) is 4.93. The van der Waals surface area contributed by atoms with Gasteiger partial charge in [0.15, 0.2) is 25.1 Å². The van der Waals surface area contributed by atoms with Crippen LogP contribution in [0.2, 0.25) is 0 Å². The first kappa shape index (κ1) is 26.9. The molecular weight excluding hydrogens is 478 g/mol. The Labute approximate surface area is 206 Å². The number of carbonyl (C=O) groups excluding carboxylic acids is 2. The first-order chi connectivity index (χ1) is 17.5. The molecule has 3 rings (SSSR count). The van der Waals surface area contributed by atoms with E-state index in [1.165, 1.54) is 38.5 Å². The highest BCUT2D eigenvalue weighted by atomic mass is 16.7. The first-order valence-corrected chi connectivity index (χ1v) is 10.9. The highest BCUT2D eigenvalue weighted by Gasteiger charge is 2.34. The Morgan fingerprint density at radius 1 is 0.861 bits per heavy atom. The highest BCUT2D eigenvalue weighted by molar-refractivity contribution is 6.22. The van der Waals surface area contributed by atoms with Crippen molar-refractivity contribution in [3.8, 4) is 17.2 Å². The average Bonchev–Trinajstić information content (AvgIpc) is 3.16. The molecule has 0 fully saturated rings. The van der Waals surface area contributed by atoms with Gasteiger partial charge in [0, 0.05) is 19.8 Å². The largest absolute Gasteiger partial charge is 0.478 e. The van der Waals surface area contributed by atoms with Crippen LogP contribution in [0.15, 0.2) is 36.4 Å². The zero-order valence-electron chi connectivity index (χ0n) is 19.8. The van der Waals surface area contributed by atoms with Gasteiger partial charge >= 0.3 is 5.97 Å². The number of hydrogen-bond donors (Lipinski definition) is 2. The minimum Gasteiger partial charge on any atom is -0.478 e. The van der Waals surface area contributed by atoms with Gasteiger partial charge in [-0.15, -0.1) is 0 Å². The lowest BCUT2D eigenvalue weighted by Crippen LogP contribution is -2.22. The molecule has 36 heavy (non-hydrogen) atoms. The second-order valence-electron chi connectivity index (χ2n) is 7.30. The molecule has 194 valence electrons. The molecule has 0 saturated carbocycles. The second kappa shape index (κ2) is 13.4. The van der Waals surface area contributed by atoms with Crippen molar-refractivity contribution in [3.63, 3.8) is 0 Å². The Kier molecular flexibility index (Phi) is 10.0. The predicted molar refractivity (Wildman–Crippen MR) is 122 cm³/mol. The number of methoxy groups -OCH3 is 2. The molecule has 1 unspecified atom stereocenters. The van der Waals surface area contributed by atoms with Crippen molar-refractivity contribution >= 4 is 17.8 Å². The zero-order chi connectivity index (χ0) is 25.9. The number of para-hydroxylation sites is 1. The Balaban J connectivity index is 1.90. The van der Waals surface area contributed by atoms with E-state index in [0.29, 0.717) is 13.2 Å². The van der Waals surface area contributed by atoms with Crippen molar-refractivity contribution in [2.75, 3.05) is 54.2 Å². The number of aliphatic carboxylic acids is 1. The molecule has 1 heterocycles. The standard InChI is InChI=1S/C24H27NO11/c1-30-9-11-32-13-34-18-8-4-6-16(20(18)35-14-33-12-10-31-2)21(24(28)29)36-17-7-3-5-15-19(17)23(27)25-22(15)26/h3-8,21H,9-14H2,1-2H3,(H,28,29)(H,25,26,27). The Morgan fingerprint density at radius 2 is 1.50 bits per heavy atom. The Morgan fingerprint density at radius 3 is 2.17 bits per heavy atom. The van der Waals surface area contributed by atoms with Crippen molar-refractivity contribution in [3.05, 3.63) is 53.1 Å². The number of hydrogen-bond acceptors (Lipinski definition) is 10. The van der Waals surface area contributed by atoms with E-state index in [-0.39, 0.29) is 60.7 Å².